The first-order valence-corrected chi connectivity index (χ1v) is 10.9. The van der Waals surface area contributed by atoms with Gasteiger partial charge in [-0.05, 0) is 31.2 Å². The van der Waals surface area contributed by atoms with E-state index in [0.717, 1.165) is 39.1 Å². The average molecular weight is 537 g/mol. The summed E-state index contributed by atoms with van der Waals surface area (Å²) < 4.78 is 10.5. The SMILES string of the molecule is CCOC(=O)N1CCC(NC(N)=NCC(c2cccs2)N2CCOCC2)CC1.I. The maximum atomic E-state index is 11.8. The number of carbonyl (C=O) groups excluding carboxylic acids is 1. The molecule has 2 aliphatic heterocycles. The Morgan fingerprint density at radius 2 is 2.10 bits per heavy atom. The molecular weight excluding hydrogens is 505 g/mol. The molecule has 1 atom stereocenters. The molecule has 3 heterocycles. The van der Waals surface area contributed by atoms with Crippen molar-refractivity contribution in [1.82, 2.24) is 15.1 Å². The minimum atomic E-state index is -0.230. The Morgan fingerprint density at radius 3 is 2.72 bits per heavy atom. The van der Waals surface area contributed by atoms with Crippen molar-refractivity contribution in [2.24, 2.45) is 10.7 Å². The predicted molar refractivity (Wildman–Crippen MR) is 126 cm³/mol. The highest BCUT2D eigenvalue weighted by molar-refractivity contribution is 14.0. The number of rotatable bonds is 6. The number of guanidine groups is 1. The predicted octanol–water partition coefficient (Wildman–Crippen LogP) is 2.26. The number of halogens is 1. The average Bonchev–Trinajstić information content (AvgIpc) is 3.24. The minimum Gasteiger partial charge on any atom is -0.450 e. The van der Waals surface area contributed by atoms with Crippen molar-refractivity contribution >= 4 is 47.4 Å². The number of likely N-dealkylation sites (tertiary alicyclic amines) is 1. The molecule has 0 saturated carbocycles. The van der Waals surface area contributed by atoms with E-state index in [-0.39, 0.29) is 42.2 Å². The Morgan fingerprint density at radius 1 is 1.38 bits per heavy atom. The highest BCUT2D eigenvalue weighted by atomic mass is 127. The highest BCUT2D eigenvalue weighted by Crippen LogP contribution is 2.26. The van der Waals surface area contributed by atoms with E-state index in [1.807, 2.05) is 6.92 Å². The summed E-state index contributed by atoms with van der Waals surface area (Å²) in [6, 6.07) is 4.71. The van der Waals surface area contributed by atoms with Crippen LogP contribution in [0.5, 0.6) is 0 Å². The lowest BCUT2D eigenvalue weighted by Gasteiger charge is -2.33. The summed E-state index contributed by atoms with van der Waals surface area (Å²) in [5.41, 5.74) is 6.17. The second-order valence-corrected chi connectivity index (χ2v) is 7.99. The molecule has 1 unspecified atom stereocenters. The zero-order chi connectivity index (χ0) is 19.8. The van der Waals surface area contributed by atoms with E-state index in [0.29, 0.717) is 32.2 Å². The van der Waals surface area contributed by atoms with Crippen LogP contribution >= 0.6 is 35.3 Å². The van der Waals surface area contributed by atoms with Crippen molar-refractivity contribution in [3.8, 4) is 0 Å². The summed E-state index contributed by atoms with van der Waals surface area (Å²) in [7, 11) is 0. The van der Waals surface area contributed by atoms with Gasteiger partial charge < -0.3 is 25.4 Å². The molecule has 0 bridgehead atoms. The first-order valence-electron chi connectivity index (χ1n) is 10.0. The van der Waals surface area contributed by atoms with Gasteiger partial charge in [0.1, 0.15) is 0 Å². The molecule has 0 aromatic carbocycles. The van der Waals surface area contributed by atoms with E-state index in [4.69, 9.17) is 15.2 Å². The van der Waals surface area contributed by atoms with E-state index in [1.54, 1.807) is 16.2 Å². The molecule has 2 aliphatic rings. The number of amides is 1. The molecule has 3 N–H and O–H groups in total. The second kappa shape index (κ2) is 12.6. The lowest BCUT2D eigenvalue weighted by molar-refractivity contribution is 0.0186. The minimum absolute atomic E-state index is 0. The van der Waals surface area contributed by atoms with Crippen molar-refractivity contribution in [1.29, 1.82) is 0 Å². The maximum absolute atomic E-state index is 11.8. The van der Waals surface area contributed by atoms with Gasteiger partial charge in [-0.1, -0.05) is 6.07 Å². The highest BCUT2D eigenvalue weighted by Gasteiger charge is 2.25. The maximum Gasteiger partial charge on any atom is 0.409 e. The molecule has 3 rings (SSSR count). The Balaban J connectivity index is 0.00000300. The third-order valence-corrected chi connectivity index (χ3v) is 6.14. The van der Waals surface area contributed by atoms with Crippen LogP contribution in [0.15, 0.2) is 22.5 Å². The van der Waals surface area contributed by atoms with E-state index < -0.39 is 0 Å². The van der Waals surface area contributed by atoms with Gasteiger partial charge in [0, 0.05) is 37.1 Å². The van der Waals surface area contributed by atoms with Gasteiger partial charge >= 0.3 is 6.09 Å². The van der Waals surface area contributed by atoms with E-state index in [2.05, 4.69) is 32.7 Å². The van der Waals surface area contributed by atoms with Gasteiger partial charge in [0.15, 0.2) is 5.96 Å². The molecule has 1 aromatic rings. The van der Waals surface area contributed by atoms with Gasteiger partial charge in [-0.3, -0.25) is 9.89 Å². The number of aliphatic imine (C=N–C) groups is 1. The summed E-state index contributed by atoms with van der Waals surface area (Å²) in [6.45, 7) is 7.56. The van der Waals surface area contributed by atoms with Crippen LogP contribution in [-0.2, 0) is 9.47 Å². The fourth-order valence-electron chi connectivity index (χ4n) is 3.62. The topological polar surface area (TPSA) is 92.4 Å². The fraction of sp³-hybridized carbons (Fsp3) is 0.684. The Kier molecular flexibility index (Phi) is 10.5. The monoisotopic (exact) mass is 537 g/mol. The first-order chi connectivity index (χ1) is 13.7. The fourth-order valence-corrected chi connectivity index (χ4v) is 4.47. The summed E-state index contributed by atoms with van der Waals surface area (Å²) in [5.74, 6) is 0.476. The lowest BCUT2D eigenvalue weighted by Crippen LogP contribution is -2.48. The summed E-state index contributed by atoms with van der Waals surface area (Å²) >= 11 is 1.76. The van der Waals surface area contributed by atoms with Crippen molar-refractivity contribution in [2.45, 2.75) is 31.8 Å². The summed E-state index contributed by atoms with van der Waals surface area (Å²) in [6.07, 6.45) is 1.45. The third kappa shape index (κ3) is 7.26. The van der Waals surface area contributed by atoms with Gasteiger partial charge in [-0.25, -0.2) is 4.79 Å². The molecule has 2 fully saturated rings. The van der Waals surface area contributed by atoms with Crippen molar-refractivity contribution in [3.05, 3.63) is 22.4 Å². The van der Waals surface area contributed by atoms with Gasteiger partial charge in [0.05, 0.1) is 32.4 Å². The zero-order valence-corrected chi connectivity index (χ0v) is 20.1. The number of nitrogens with one attached hydrogen (secondary N) is 1. The number of thiophene rings is 1. The van der Waals surface area contributed by atoms with Crippen LogP contribution in [0, 0.1) is 0 Å². The van der Waals surface area contributed by atoms with Gasteiger partial charge in [0.25, 0.3) is 0 Å². The molecule has 10 heteroatoms. The summed E-state index contributed by atoms with van der Waals surface area (Å²) in [5, 5.41) is 5.43. The Bertz CT molecular complexity index is 632. The second-order valence-electron chi connectivity index (χ2n) is 7.01. The molecule has 164 valence electrons. The van der Waals surface area contributed by atoms with Gasteiger partial charge in [-0.2, -0.15) is 0 Å². The third-order valence-electron chi connectivity index (χ3n) is 5.17. The number of morpholine rings is 1. The number of piperidine rings is 1. The number of ether oxygens (including phenoxy) is 2. The van der Waals surface area contributed by atoms with Crippen LogP contribution in [-0.4, -0.2) is 80.4 Å². The zero-order valence-electron chi connectivity index (χ0n) is 16.9. The molecular formula is C19H32IN5O3S. The number of hydrogen-bond donors (Lipinski definition) is 2. The molecule has 1 amide bonds. The number of carbonyl (C=O) groups is 1. The van der Waals surface area contributed by atoms with Crippen LogP contribution in [0.4, 0.5) is 4.79 Å². The number of nitrogens with two attached hydrogens (primary N) is 1. The standard InChI is InChI=1S/C19H31N5O3S.HI/c1-2-27-19(25)24-7-5-15(6-8-24)22-18(20)21-14-16(17-4-3-13-28-17)23-9-11-26-12-10-23;/h3-4,13,15-16H,2,5-12,14H2,1H3,(H3,20,21,22);1H. The quantitative estimate of drug-likeness (QED) is 0.329. The lowest BCUT2D eigenvalue weighted by atomic mass is 10.1. The number of nitrogens with zero attached hydrogens (tertiary/aromatic N) is 3. The van der Waals surface area contributed by atoms with E-state index in [1.165, 1.54) is 4.88 Å². The molecule has 29 heavy (non-hydrogen) atoms. The van der Waals surface area contributed by atoms with Crippen LogP contribution in [0.3, 0.4) is 0 Å². The van der Waals surface area contributed by atoms with Crippen LogP contribution in [0.2, 0.25) is 0 Å². The van der Waals surface area contributed by atoms with Gasteiger partial charge in [-0.15, -0.1) is 35.3 Å². The Hall–Kier alpha value is -1.11. The largest absolute Gasteiger partial charge is 0.450 e. The van der Waals surface area contributed by atoms with Crippen LogP contribution < -0.4 is 11.1 Å². The van der Waals surface area contributed by atoms with Crippen molar-refractivity contribution in [3.63, 3.8) is 0 Å². The van der Waals surface area contributed by atoms with E-state index >= 15 is 0 Å². The van der Waals surface area contributed by atoms with Crippen molar-refractivity contribution in [2.75, 3.05) is 52.5 Å². The Labute approximate surface area is 193 Å². The van der Waals surface area contributed by atoms with Gasteiger partial charge in [0.2, 0.25) is 0 Å². The molecule has 2 saturated heterocycles. The first kappa shape index (κ1) is 24.2. The number of hydrogen-bond acceptors (Lipinski definition) is 6. The van der Waals surface area contributed by atoms with Crippen LogP contribution in [0.25, 0.3) is 0 Å². The normalized spacial score (nSPS) is 20.0. The molecule has 0 radical (unpaired) electrons. The smallest absolute Gasteiger partial charge is 0.409 e. The molecule has 8 nitrogen and oxygen atoms in total. The molecule has 0 spiro atoms. The van der Waals surface area contributed by atoms with Crippen molar-refractivity contribution < 1.29 is 14.3 Å². The molecule has 0 aliphatic carbocycles. The molecule has 1 aromatic heterocycles. The van der Waals surface area contributed by atoms with Crippen LogP contribution in [0.1, 0.15) is 30.7 Å². The summed E-state index contributed by atoms with van der Waals surface area (Å²) in [4.78, 5) is 21.9. The van der Waals surface area contributed by atoms with E-state index in [9.17, 15) is 4.79 Å².